The quantitative estimate of drug-likeness (QED) is 0.374. The Morgan fingerprint density at radius 2 is 1.89 bits per heavy atom. The number of ether oxygens (including phenoxy) is 1. The second-order valence-corrected chi connectivity index (χ2v) is 3.04. The van der Waals surface area contributed by atoms with Gasteiger partial charge in [-0.15, -0.1) is 18.3 Å². The van der Waals surface area contributed by atoms with E-state index in [-0.39, 0.29) is 11.5 Å². The van der Waals surface area contributed by atoms with E-state index in [0.29, 0.717) is 6.07 Å². The van der Waals surface area contributed by atoms with Crippen LogP contribution in [0.2, 0.25) is 0 Å². The van der Waals surface area contributed by atoms with Crippen molar-refractivity contribution >= 4 is 12.2 Å². The lowest BCUT2D eigenvalue weighted by molar-refractivity contribution is -0.274. The molecule has 0 amide bonds. The summed E-state index contributed by atoms with van der Waals surface area (Å²) in [6.45, 7) is 0. The van der Waals surface area contributed by atoms with Gasteiger partial charge in [0.2, 0.25) is 5.96 Å². The molecule has 0 saturated heterocycles. The van der Waals surface area contributed by atoms with E-state index in [1.807, 2.05) is 0 Å². The maximum Gasteiger partial charge on any atom is 0.573 e. The van der Waals surface area contributed by atoms with Gasteiger partial charge in [0.25, 0.3) is 0 Å². The normalized spacial score (nSPS) is 11.6. The smallest absolute Gasteiger partial charge is 0.406 e. The van der Waals surface area contributed by atoms with Crippen molar-refractivity contribution < 1.29 is 22.3 Å². The van der Waals surface area contributed by atoms with E-state index in [0.717, 1.165) is 18.3 Å². The molecule has 0 aliphatic carbocycles. The summed E-state index contributed by atoms with van der Waals surface area (Å²) in [4.78, 5) is 0. The van der Waals surface area contributed by atoms with Gasteiger partial charge in [-0.2, -0.15) is 5.10 Å². The minimum atomic E-state index is -4.90. The molecule has 4 N–H and O–H groups in total. The first-order valence-electron chi connectivity index (χ1n) is 4.44. The first-order chi connectivity index (χ1) is 8.26. The minimum Gasteiger partial charge on any atom is -0.406 e. The Kier molecular flexibility index (Phi) is 4.08. The van der Waals surface area contributed by atoms with Crippen LogP contribution in [-0.2, 0) is 0 Å². The summed E-state index contributed by atoms with van der Waals surface area (Å²) >= 11 is 0. The number of hydrogen-bond acceptors (Lipinski definition) is 3. The van der Waals surface area contributed by atoms with Crippen LogP contribution in [0.3, 0.4) is 0 Å². The number of hydrogen-bond donors (Lipinski definition) is 2. The molecule has 1 aromatic carbocycles. The Morgan fingerprint density at radius 1 is 1.22 bits per heavy atom. The standard InChI is InChI=1S/C9H8F4N4O/c10-6-1-5(4-16-17-8(14)15)2-7(3-6)18-9(11,12)13/h1-4H,(H4,14,15,17). The van der Waals surface area contributed by atoms with E-state index in [2.05, 4.69) is 14.9 Å². The second-order valence-electron chi connectivity index (χ2n) is 3.04. The summed E-state index contributed by atoms with van der Waals surface area (Å²) in [6, 6.07) is 2.46. The first kappa shape index (κ1) is 13.7. The van der Waals surface area contributed by atoms with Crippen molar-refractivity contribution in [1.29, 1.82) is 0 Å². The highest BCUT2D eigenvalue weighted by Crippen LogP contribution is 2.24. The van der Waals surface area contributed by atoms with Crippen LogP contribution in [0, 0.1) is 5.82 Å². The maximum absolute atomic E-state index is 13.0. The molecule has 0 unspecified atom stereocenters. The number of guanidine groups is 1. The van der Waals surface area contributed by atoms with Gasteiger partial charge in [0.15, 0.2) is 0 Å². The fraction of sp³-hybridized carbons (Fsp3) is 0.111. The van der Waals surface area contributed by atoms with Crippen LogP contribution < -0.4 is 16.2 Å². The molecule has 5 nitrogen and oxygen atoms in total. The Hall–Kier alpha value is -2.32. The Morgan fingerprint density at radius 3 is 2.44 bits per heavy atom. The molecule has 18 heavy (non-hydrogen) atoms. The van der Waals surface area contributed by atoms with Crippen LogP contribution in [0.4, 0.5) is 17.6 Å². The third-order valence-corrected chi connectivity index (χ3v) is 1.51. The lowest BCUT2D eigenvalue weighted by Crippen LogP contribution is -2.21. The number of halogens is 4. The van der Waals surface area contributed by atoms with E-state index < -0.39 is 17.9 Å². The second kappa shape index (κ2) is 5.34. The lowest BCUT2D eigenvalue weighted by Gasteiger charge is -2.09. The van der Waals surface area contributed by atoms with Crippen molar-refractivity contribution in [1.82, 2.24) is 0 Å². The van der Waals surface area contributed by atoms with Gasteiger partial charge in [-0.25, -0.2) is 4.39 Å². The van der Waals surface area contributed by atoms with Crippen molar-refractivity contribution in [2.24, 2.45) is 21.7 Å². The Bertz CT molecular complexity index is 480. The Labute approximate surface area is 98.7 Å². The lowest BCUT2D eigenvalue weighted by atomic mass is 10.2. The molecule has 0 aromatic heterocycles. The summed E-state index contributed by atoms with van der Waals surface area (Å²) in [7, 11) is 0. The van der Waals surface area contributed by atoms with Crippen molar-refractivity contribution in [3.8, 4) is 5.75 Å². The van der Waals surface area contributed by atoms with Crippen LogP contribution >= 0.6 is 0 Å². The molecule has 0 fully saturated rings. The highest BCUT2D eigenvalue weighted by Gasteiger charge is 2.31. The molecule has 1 aromatic rings. The molecule has 0 spiro atoms. The average Bonchev–Trinajstić information content (AvgIpc) is 2.12. The molecule has 0 aliphatic rings. The van der Waals surface area contributed by atoms with Gasteiger partial charge in [-0.3, -0.25) is 0 Å². The number of benzene rings is 1. The fourth-order valence-corrected chi connectivity index (χ4v) is 1.01. The van der Waals surface area contributed by atoms with Gasteiger partial charge in [-0.1, -0.05) is 0 Å². The predicted octanol–water partition coefficient (Wildman–Crippen LogP) is 1.33. The third kappa shape index (κ3) is 5.14. The highest BCUT2D eigenvalue weighted by atomic mass is 19.4. The molecular weight excluding hydrogens is 256 g/mol. The van der Waals surface area contributed by atoms with Crippen LogP contribution in [0.15, 0.2) is 28.4 Å². The summed E-state index contributed by atoms with van der Waals surface area (Å²) in [5, 5.41) is 6.54. The molecule has 1 rings (SSSR count). The van der Waals surface area contributed by atoms with Gasteiger partial charge < -0.3 is 16.2 Å². The van der Waals surface area contributed by atoms with Gasteiger partial charge >= 0.3 is 6.36 Å². The topological polar surface area (TPSA) is 86.0 Å². The van der Waals surface area contributed by atoms with Gasteiger partial charge in [0.1, 0.15) is 11.6 Å². The monoisotopic (exact) mass is 264 g/mol. The molecule has 0 radical (unpaired) electrons. The van der Waals surface area contributed by atoms with Gasteiger partial charge in [0, 0.05) is 11.6 Å². The minimum absolute atomic E-state index is 0.0132. The summed E-state index contributed by atoms with van der Waals surface area (Å²) in [6.07, 6.45) is -3.92. The summed E-state index contributed by atoms with van der Waals surface area (Å²) in [5.74, 6) is -1.95. The first-order valence-corrected chi connectivity index (χ1v) is 4.44. The summed E-state index contributed by atoms with van der Waals surface area (Å²) < 4.78 is 52.3. The SMILES string of the molecule is NC(N)=NN=Cc1cc(F)cc(OC(F)(F)F)c1. The van der Waals surface area contributed by atoms with Gasteiger partial charge in [0.05, 0.1) is 6.21 Å². The predicted molar refractivity (Wildman–Crippen MR) is 56.5 cm³/mol. The van der Waals surface area contributed by atoms with Crippen LogP contribution in [0.25, 0.3) is 0 Å². The molecule has 0 bridgehead atoms. The molecule has 98 valence electrons. The van der Waals surface area contributed by atoms with Gasteiger partial charge in [-0.05, 0) is 12.1 Å². The average molecular weight is 264 g/mol. The van der Waals surface area contributed by atoms with Crippen molar-refractivity contribution in [3.05, 3.63) is 29.6 Å². The molecule has 0 atom stereocenters. The zero-order chi connectivity index (χ0) is 13.8. The van der Waals surface area contributed by atoms with Crippen LogP contribution in [-0.4, -0.2) is 18.5 Å². The molecule has 0 heterocycles. The van der Waals surface area contributed by atoms with Crippen molar-refractivity contribution in [2.45, 2.75) is 6.36 Å². The van der Waals surface area contributed by atoms with Crippen molar-refractivity contribution in [2.75, 3.05) is 0 Å². The number of alkyl halides is 3. The third-order valence-electron chi connectivity index (χ3n) is 1.51. The summed E-state index contributed by atoms with van der Waals surface area (Å²) in [5.41, 5.74) is 9.95. The number of nitrogens with two attached hydrogens (primary N) is 2. The maximum atomic E-state index is 13.0. The highest BCUT2D eigenvalue weighted by molar-refractivity contribution is 5.82. The largest absolute Gasteiger partial charge is 0.573 e. The van der Waals surface area contributed by atoms with E-state index in [1.165, 1.54) is 0 Å². The molecule has 9 heteroatoms. The van der Waals surface area contributed by atoms with Crippen molar-refractivity contribution in [3.63, 3.8) is 0 Å². The molecule has 0 saturated carbocycles. The van der Waals surface area contributed by atoms with E-state index in [9.17, 15) is 17.6 Å². The van der Waals surface area contributed by atoms with E-state index in [4.69, 9.17) is 11.5 Å². The van der Waals surface area contributed by atoms with E-state index in [1.54, 1.807) is 0 Å². The molecule has 0 aliphatic heterocycles. The van der Waals surface area contributed by atoms with Crippen LogP contribution in [0.5, 0.6) is 5.75 Å². The van der Waals surface area contributed by atoms with Crippen LogP contribution in [0.1, 0.15) is 5.56 Å². The fourth-order valence-electron chi connectivity index (χ4n) is 1.01. The zero-order valence-corrected chi connectivity index (χ0v) is 8.78. The zero-order valence-electron chi connectivity index (χ0n) is 8.78. The number of nitrogens with zero attached hydrogens (tertiary/aromatic N) is 2. The molecular formula is C9H8F4N4O. The number of rotatable bonds is 3. The Balaban J connectivity index is 2.94. The van der Waals surface area contributed by atoms with E-state index >= 15 is 0 Å².